The maximum Gasteiger partial charge on any atom is 0.289 e. The molecule has 2 heterocycles. The van der Waals surface area contributed by atoms with E-state index in [1.807, 2.05) is 48.5 Å². The fourth-order valence-corrected chi connectivity index (χ4v) is 4.23. The summed E-state index contributed by atoms with van der Waals surface area (Å²) in [5.41, 5.74) is 1.85. The van der Waals surface area contributed by atoms with Gasteiger partial charge >= 0.3 is 0 Å². The number of nitrogens with zero attached hydrogens (tertiary/aromatic N) is 1. The van der Waals surface area contributed by atoms with Crippen molar-refractivity contribution >= 4 is 11.8 Å². The average Bonchev–Trinajstić information content (AvgIpc) is 3.53. The van der Waals surface area contributed by atoms with Gasteiger partial charge in [-0.1, -0.05) is 42.5 Å². The highest BCUT2D eigenvalue weighted by atomic mass is 16.5. The zero-order chi connectivity index (χ0) is 22.5. The minimum atomic E-state index is -0.446. The number of methoxy groups -OCH3 is 2. The molecule has 1 aromatic heterocycles. The van der Waals surface area contributed by atoms with E-state index in [1.165, 1.54) is 6.26 Å². The van der Waals surface area contributed by atoms with Crippen molar-refractivity contribution in [2.75, 3.05) is 27.3 Å². The van der Waals surface area contributed by atoms with Crippen molar-refractivity contribution in [3.63, 3.8) is 0 Å². The second-order valence-corrected chi connectivity index (χ2v) is 7.69. The minimum Gasteiger partial charge on any atom is -0.493 e. The van der Waals surface area contributed by atoms with Gasteiger partial charge in [-0.3, -0.25) is 9.59 Å². The Morgan fingerprint density at radius 2 is 1.81 bits per heavy atom. The number of hydrogen-bond acceptors (Lipinski definition) is 5. The molecule has 2 atom stereocenters. The SMILES string of the molecule is COc1cccc([C@@H]2CN(C(=O)c3ccco3)C[C@@H]2C(=O)NCc2ccccc2)c1OC. The number of likely N-dealkylation sites (tertiary alicyclic amines) is 1. The summed E-state index contributed by atoms with van der Waals surface area (Å²) in [5.74, 6) is 0.371. The Bertz CT molecular complexity index is 1070. The van der Waals surface area contributed by atoms with Gasteiger partial charge in [0.1, 0.15) is 0 Å². The predicted molar refractivity (Wildman–Crippen MR) is 119 cm³/mol. The first-order chi connectivity index (χ1) is 15.6. The molecule has 0 spiro atoms. The lowest BCUT2D eigenvalue weighted by molar-refractivity contribution is -0.125. The lowest BCUT2D eigenvalue weighted by Crippen LogP contribution is -2.35. The molecule has 0 radical (unpaired) electrons. The fraction of sp³-hybridized carbons (Fsp3) is 0.280. The summed E-state index contributed by atoms with van der Waals surface area (Å²) in [7, 11) is 3.15. The highest BCUT2D eigenvalue weighted by Crippen LogP contribution is 2.42. The van der Waals surface area contributed by atoms with Crippen LogP contribution in [-0.4, -0.2) is 44.0 Å². The maximum absolute atomic E-state index is 13.3. The number of amides is 2. The summed E-state index contributed by atoms with van der Waals surface area (Å²) >= 11 is 0. The van der Waals surface area contributed by atoms with Crippen molar-refractivity contribution in [3.05, 3.63) is 83.8 Å². The average molecular weight is 434 g/mol. The topological polar surface area (TPSA) is 81.0 Å². The molecule has 1 fully saturated rings. The molecule has 1 aliphatic heterocycles. The summed E-state index contributed by atoms with van der Waals surface area (Å²) in [5, 5.41) is 3.03. The monoisotopic (exact) mass is 434 g/mol. The maximum atomic E-state index is 13.3. The summed E-state index contributed by atoms with van der Waals surface area (Å²) in [6, 6.07) is 18.6. The molecule has 1 N–H and O–H groups in total. The molecule has 0 saturated carbocycles. The third-order valence-corrected chi connectivity index (χ3v) is 5.82. The quantitative estimate of drug-likeness (QED) is 0.616. The Morgan fingerprint density at radius 1 is 1.00 bits per heavy atom. The molecular formula is C25H26N2O5. The van der Waals surface area contributed by atoms with Crippen LogP contribution in [0, 0.1) is 5.92 Å². The number of carbonyl (C=O) groups is 2. The molecule has 0 bridgehead atoms. The van der Waals surface area contributed by atoms with Crippen LogP contribution in [0.3, 0.4) is 0 Å². The minimum absolute atomic E-state index is 0.113. The first-order valence-electron chi connectivity index (χ1n) is 10.5. The van der Waals surface area contributed by atoms with Crippen LogP contribution in [-0.2, 0) is 11.3 Å². The third kappa shape index (κ3) is 4.32. The summed E-state index contributed by atoms with van der Waals surface area (Å²) in [6.45, 7) is 1.07. The van der Waals surface area contributed by atoms with Crippen LogP contribution < -0.4 is 14.8 Å². The van der Waals surface area contributed by atoms with Gasteiger partial charge in [0.2, 0.25) is 5.91 Å². The van der Waals surface area contributed by atoms with Gasteiger partial charge in [0.15, 0.2) is 17.3 Å². The van der Waals surface area contributed by atoms with E-state index < -0.39 is 5.92 Å². The molecule has 0 unspecified atom stereocenters. The van der Waals surface area contributed by atoms with Crippen LogP contribution in [0.5, 0.6) is 11.5 Å². The lowest BCUT2D eigenvalue weighted by Gasteiger charge is -2.21. The van der Waals surface area contributed by atoms with E-state index in [1.54, 1.807) is 31.3 Å². The van der Waals surface area contributed by atoms with Crippen molar-refractivity contribution in [1.29, 1.82) is 0 Å². The summed E-state index contributed by atoms with van der Waals surface area (Å²) in [4.78, 5) is 27.9. The first-order valence-corrected chi connectivity index (χ1v) is 10.5. The number of rotatable bonds is 7. The van der Waals surface area contributed by atoms with Gasteiger partial charge in [-0.25, -0.2) is 0 Å². The van der Waals surface area contributed by atoms with Gasteiger partial charge in [-0.15, -0.1) is 0 Å². The molecule has 7 heteroatoms. The Balaban J connectivity index is 1.62. The van der Waals surface area contributed by atoms with E-state index in [4.69, 9.17) is 13.9 Å². The van der Waals surface area contributed by atoms with Gasteiger partial charge in [0.25, 0.3) is 5.91 Å². The smallest absolute Gasteiger partial charge is 0.289 e. The van der Waals surface area contributed by atoms with Crippen LogP contribution in [0.15, 0.2) is 71.3 Å². The predicted octanol–water partition coefficient (Wildman–Crippen LogP) is 3.47. The number of hydrogen-bond donors (Lipinski definition) is 1. The number of nitrogens with one attached hydrogen (secondary N) is 1. The van der Waals surface area contributed by atoms with E-state index in [0.717, 1.165) is 11.1 Å². The lowest BCUT2D eigenvalue weighted by atomic mass is 9.87. The van der Waals surface area contributed by atoms with E-state index >= 15 is 0 Å². The van der Waals surface area contributed by atoms with E-state index in [2.05, 4.69) is 5.32 Å². The second kappa shape index (κ2) is 9.60. The standard InChI is InChI=1S/C25H26N2O5/c1-30-21-11-6-10-18(23(21)31-2)19-15-27(25(29)22-12-7-13-32-22)16-20(19)24(28)26-14-17-8-4-3-5-9-17/h3-13,19-20H,14-16H2,1-2H3,(H,26,28)/t19-,20-/m0/s1. The molecule has 166 valence electrons. The Labute approximate surface area is 186 Å². The van der Waals surface area contributed by atoms with Crippen LogP contribution >= 0.6 is 0 Å². The zero-order valence-corrected chi connectivity index (χ0v) is 18.1. The van der Waals surface area contributed by atoms with Gasteiger partial charge in [-0.2, -0.15) is 0 Å². The molecule has 1 saturated heterocycles. The van der Waals surface area contributed by atoms with E-state index in [-0.39, 0.29) is 30.0 Å². The molecule has 1 aliphatic rings. The molecule has 32 heavy (non-hydrogen) atoms. The van der Waals surface area contributed by atoms with Crippen molar-refractivity contribution in [2.24, 2.45) is 5.92 Å². The zero-order valence-electron chi connectivity index (χ0n) is 18.1. The van der Waals surface area contributed by atoms with Crippen molar-refractivity contribution in [1.82, 2.24) is 10.2 Å². The normalized spacial score (nSPS) is 17.8. The van der Waals surface area contributed by atoms with Gasteiger partial charge in [-0.05, 0) is 23.8 Å². The highest BCUT2D eigenvalue weighted by molar-refractivity contribution is 5.93. The van der Waals surface area contributed by atoms with Crippen molar-refractivity contribution in [3.8, 4) is 11.5 Å². The Kier molecular flexibility index (Phi) is 6.44. The van der Waals surface area contributed by atoms with E-state index in [9.17, 15) is 9.59 Å². The Morgan fingerprint density at radius 3 is 2.50 bits per heavy atom. The fourth-order valence-electron chi connectivity index (χ4n) is 4.23. The number of para-hydroxylation sites is 1. The molecule has 7 nitrogen and oxygen atoms in total. The van der Waals surface area contributed by atoms with Crippen LogP contribution in [0.2, 0.25) is 0 Å². The third-order valence-electron chi connectivity index (χ3n) is 5.82. The molecular weight excluding hydrogens is 408 g/mol. The molecule has 3 aromatic rings. The molecule has 2 aromatic carbocycles. The second-order valence-electron chi connectivity index (χ2n) is 7.69. The van der Waals surface area contributed by atoms with Crippen molar-refractivity contribution in [2.45, 2.75) is 12.5 Å². The number of benzene rings is 2. The molecule has 2 amide bonds. The summed E-state index contributed by atoms with van der Waals surface area (Å²) < 4.78 is 16.4. The number of furan rings is 1. The van der Waals surface area contributed by atoms with E-state index in [0.29, 0.717) is 24.6 Å². The highest BCUT2D eigenvalue weighted by Gasteiger charge is 2.42. The molecule has 0 aliphatic carbocycles. The first kappa shape index (κ1) is 21.5. The van der Waals surface area contributed by atoms with Crippen LogP contribution in [0.4, 0.5) is 0 Å². The van der Waals surface area contributed by atoms with Crippen LogP contribution in [0.1, 0.15) is 27.6 Å². The van der Waals surface area contributed by atoms with Gasteiger partial charge < -0.3 is 24.1 Å². The van der Waals surface area contributed by atoms with Crippen molar-refractivity contribution < 1.29 is 23.5 Å². The largest absolute Gasteiger partial charge is 0.493 e. The molecule has 4 rings (SSSR count). The van der Waals surface area contributed by atoms with Crippen LogP contribution in [0.25, 0.3) is 0 Å². The summed E-state index contributed by atoms with van der Waals surface area (Å²) in [6.07, 6.45) is 1.47. The number of ether oxygens (including phenoxy) is 2. The number of carbonyl (C=O) groups excluding carboxylic acids is 2. The Hall–Kier alpha value is -3.74. The van der Waals surface area contributed by atoms with Gasteiger partial charge in [0, 0.05) is 31.1 Å². The van der Waals surface area contributed by atoms with Gasteiger partial charge in [0.05, 0.1) is 26.4 Å².